The van der Waals surface area contributed by atoms with Gasteiger partial charge in [-0.3, -0.25) is 4.90 Å². The van der Waals surface area contributed by atoms with Crippen LogP contribution in [0.5, 0.6) is 0 Å². The van der Waals surface area contributed by atoms with Gasteiger partial charge in [0.2, 0.25) is 0 Å². The van der Waals surface area contributed by atoms with Crippen LogP contribution < -0.4 is 0 Å². The number of nitrogens with zero attached hydrogens (tertiary/aromatic N) is 3. The Hall–Kier alpha value is -0.540. The highest BCUT2D eigenvalue weighted by Gasteiger charge is 2.40. The lowest BCUT2D eigenvalue weighted by Crippen LogP contribution is -2.58. The van der Waals surface area contributed by atoms with Gasteiger partial charge in [-0.2, -0.15) is 4.31 Å². The molecule has 0 N–H and O–H groups in total. The SMILES string of the molecule is CCc1ncc(S(=O)(=O)N(C)C2CCN3CCOC2C3)s1. The molecule has 2 aliphatic rings. The summed E-state index contributed by atoms with van der Waals surface area (Å²) in [6.07, 6.45) is 3.03. The summed E-state index contributed by atoms with van der Waals surface area (Å²) in [7, 11) is -1.81. The van der Waals surface area contributed by atoms with Crippen molar-refractivity contribution in [3.63, 3.8) is 0 Å². The van der Waals surface area contributed by atoms with E-state index in [2.05, 4.69) is 9.88 Å². The van der Waals surface area contributed by atoms with Crippen LogP contribution in [-0.4, -0.2) is 68.0 Å². The first-order valence-corrected chi connectivity index (χ1v) is 9.54. The molecule has 6 nitrogen and oxygen atoms in total. The van der Waals surface area contributed by atoms with E-state index in [4.69, 9.17) is 4.74 Å². The van der Waals surface area contributed by atoms with Crippen molar-refractivity contribution in [1.82, 2.24) is 14.2 Å². The van der Waals surface area contributed by atoms with Crippen molar-refractivity contribution in [3.8, 4) is 0 Å². The Bertz CT molecular complexity index is 602. The Labute approximate surface area is 129 Å². The van der Waals surface area contributed by atoms with Crippen LogP contribution in [0.4, 0.5) is 0 Å². The molecule has 2 bridgehead atoms. The highest BCUT2D eigenvalue weighted by Crippen LogP contribution is 2.28. The number of piperidine rings is 1. The highest BCUT2D eigenvalue weighted by molar-refractivity contribution is 7.91. The van der Waals surface area contributed by atoms with E-state index in [9.17, 15) is 8.42 Å². The maximum absolute atomic E-state index is 12.7. The van der Waals surface area contributed by atoms with Gasteiger partial charge < -0.3 is 4.74 Å². The lowest BCUT2D eigenvalue weighted by molar-refractivity contribution is -0.0836. The summed E-state index contributed by atoms with van der Waals surface area (Å²) in [4.78, 5) is 6.50. The summed E-state index contributed by atoms with van der Waals surface area (Å²) < 4.78 is 33.1. The number of aromatic nitrogens is 1. The third kappa shape index (κ3) is 2.87. The smallest absolute Gasteiger partial charge is 0.254 e. The molecule has 1 aromatic heterocycles. The fourth-order valence-corrected chi connectivity index (χ4v) is 5.70. The molecule has 3 heterocycles. The van der Waals surface area contributed by atoms with Crippen LogP contribution in [0.15, 0.2) is 10.4 Å². The van der Waals surface area contributed by atoms with Crippen LogP contribution in [0.1, 0.15) is 18.4 Å². The van der Waals surface area contributed by atoms with Crippen LogP contribution in [0.25, 0.3) is 0 Å². The summed E-state index contributed by atoms with van der Waals surface area (Å²) >= 11 is 1.26. The van der Waals surface area contributed by atoms with E-state index in [1.165, 1.54) is 21.8 Å². The molecule has 0 radical (unpaired) electrons. The molecule has 2 aliphatic heterocycles. The third-order valence-electron chi connectivity index (χ3n) is 4.28. The van der Waals surface area contributed by atoms with E-state index in [0.29, 0.717) is 10.8 Å². The van der Waals surface area contributed by atoms with Crippen LogP contribution in [-0.2, 0) is 21.2 Å². The van der Waals surface area contributed by atoms with Gasteiger partial charge in [0.15, 0.2) is 4.21 Å². The standard InChI is InChI=1S/C13H21N3O3S2/c1-3-12-14-8-13(20-12)21(17,18)15(2)10-4-5-16-6-7-19-11(10)9-16/h8,10-11H,3-7,9H2,1-2H3. The molecule has 0 aromatic carbocycles. The Kier molecular flexibility index (Phi) is 4.33. The molecule has 2 saturated heterocycles. The predicted octanol–water partition coefficient (Wildman–Crippen LogP) is 0.799. The second-order valence-electron chi connectivity index (χ2n) is 5.51. The van der Waals surface area contributed by atoms with Gasteiger partial charge in [-0.25, -0.2) is 13.4 Å². The van der Waals surface area contributed by atoms with Gasteiger partial charge in [0, 0.05) is 20.1 Å². The minimum absolute atomic E-state index is 0.0224. The minimum atomic E-state index is -3.47. The molecule has 3 unspecified atom stereocenters. The minimum Gasteiger partial charge on any atom is -0.374 e. The normalized spacial score (nSPS) is 29.8. The summed E-state index contributed by atoms with van der Waals surface area (Å²) in [5.41, 5.74) is 0. The Balaban J connectivity index is 1.81. The Morgan fingerprint density at radius 3 is 3.05 bits per heavy atom. The molecule has 118 valence electrons. The molecule has 0 spiro atoms. The second-order valence-corrected chi connectivity index (χ2v) is 8.85. The third-order valence-corrected chi connectivity index (χ3v) is 7.74. The van der Waals surface area contributed by atoms with Crippen LogP contribution in [0.2, 0.25) is 0 Å². The molecule has 0 saturated carbocycles. The number of thiazole rings is 1. The number of aryl methyl sites for hydroxylation is 1. The first-order chi connectivity index (χ1) is 10.0. The maximum atomic E-state index is 12.7. The number of hydrogen-bond donors (Lipinski definition) is 0. The Morgan fingerprint density at radius 1 is 1.52 bits per heavy atom. The topological polar surface area (TPSA) is 62.7 Å². The highest BCUT2D eigenvalue weighted by atomic mass is 32.2. The molecule has 3 atom stereocenters. The number of hydrogen-bond acceptors (Lipinski definition) is 6. The quantitative estimate of drug-likeness (QED) is 0.817. The van der Waals surface area contributed by atoms with E-state index >= 15 is 0 Å². The first kappa shape index (κ1) is 15.4. The van der Waals surface area contributed by atoms with Gasteiger partial charge in [0.05, 0.1) is 30.0 Å². The van der Waals surface area contributed by atoms with E-state index in [1.54, 1.807) is 7.05 Å². The van der Waals surface area contributed by atoms with Crippen molar-refractivity contribution in [2.75, 3.05) is 33.3 Å². The summed E-state index contributed by atoms with van der Waals surface area (Å²) in [6.45, 7) is 5.38. The van der Waals surface area contributed by atoms with Crippen LogP contribution >= 0.6 is 11.3 Å². The molecule has 0 aliphatic carbocycles. The van der Waals surface area contributed by atoms with Crippen molar-refractivity contribution in [2.45, 2.75) is 36.1 Å². The van der Waals surface area contributed by atoms with Crippen molar-refractivity contribution in [3.05, 3.63) is 11.2 Å². The van der Waals surface area contributed by atoms with E-state index in [-0.39, 0.29) is 12.1 Å². The molecule has 1 aromatic rings. The van der Waals surface area contributed by atoms with Crippen molar-refractivity contribution >= 4 is 21.4 Å². The predicted molar refractivity (Wildman–Crippen MR) is 81.0 cm³/mol. The van der Waals surface area contributed by atoms with Crippen molar-refractivity contribution < 1.29 is 13.2 Å². The zero-order valence-corrected chi connectivity index (χ0v) is 14.0. The van der Waals surface area contributed by atoms with E-state index in [1.807, 2.05) is 6.92 Å². The summed E-state index contributed by atoms with van der Waals surface area (Å²) in [5, 5.41) is 0.853. The van der Waals surface area contributed by atoms with E-state index in [0.717, 1.165) is 37.5 Å². The monoisotopic (exact) mass is 331 g/mol. The van der Waals surface area contributed by atoms with Gasteiger partial charge in [0.1, 0.15) is 0 Å². The van der Waals surface area contributed by atoms with Gasteiger partial charge in [0.25, 0.3) is 10.0 Å². The Morgan fingerprint density at radius 2 is 2.33 bits per heavy atom. The zero-order valence-electron chi connectivity index (χ0n) is 12.4. The molecular weight excluding hydrogens is 310 g/mol. The van der Waals surface area contributed by atoms with Crippen molar-refractivity contribution in [2.24, 2.45) is 0 Å². The number of sulfonamides is 1. The van der Waals surface area contributed by atoms with Gasteiger partial charge in [-0.1, -0.05) is 6.92 Å². The molecule has 8 heteroatoms. The average molecular weight is 331 g/mol. The number of morpholine rings is 1. The van der Waals surface area contributed by atoms with Crippen LogP contribution in [0, 0.1) is 0 Å². The zero-order chi connectivity index (χ0) is 15.0. The lowest BCUT2D eigenvalue weighted by atomic mass is 10.0. The van der Waals surface area contributed by atoms with Crippen molar-refractivity contribution in [1.29, 1.82) is 0 Å². The largest absolute Gasteiger partial charge is 0.374 e. The molecule has 0 amide bonds. The number of likely N-dealkylation sites (N-methyl/N-ethyl adjacent to an activating group) is 1. The molecule has 2 fully saturated rings. The first-order valence-electron chi connectivity index (χ1n) is 7.29. The molecular formula is C13H21N3O3S2. The summed E-state index contributed by atoms with van der Waals surface area (Å²) in [5.74, 6) is 0. The lowest BCUT2D eigenvalue weighted by Gasteiger charge is -2.44. The van der Waals surface area contributed by atoms with E-state index < -0.39 is 10.0 Å². The number of fused-ring (bicyclic) bond motifs is 2. The maximum Gasteiger partial charge on any atom is 0.254 e. The van der Waals surface area contributed by atoms with Crippen LogP contribution in [0.3, 0.4) is 0 Å². The molecule has 3 rings (SSSR count). The van der Waals surface area contributed by atoms with Gasteiger partial charge in [-0.05, 0) is 19.4 Å². The fourth-order valence-electron chi connectivity index (χ4n) is 2.98. The summed E-state index contributed by atoms with van der Waals surface area (Å²) in [6, 6.07) is -0.0845. The fraction of sp³-hybridized carbons (Fsp3) is 0.769. The van der Waals surface area contributed by atoms with Gasteiger partial charge >= 0.3 is 0 Å². The van der Waals surface area contributed by atoms with Gasteiger partial charge in [-0.15, -0.1) is 11.3 Å². The second kappa shape index (κ2) is 5.92. The number of ether oxygens (including phenoxy) is 1. The molecule has 21 heavy (non-hydrogen) atoms. The number of rotatable bonds is 4. The average Bonchev–Trinajstić information content (AvgIpc) is 2.97.